The first kappa shape index (κ1) is 17.0. The summed E-state index contributed by atoms with van der Waals surface area (Å²) in [4.78, 5) is 28.2. The standard InChI is InChI=1S/C18H27N3O3/c1-13-16(7-9-19(13)2)17(22)20-10-5-15(6-11-20)21-8-3-4-14(12-21)18(23)24/h7,9,14-15H,3-6,8,10-12H2,1-2H3,(H,23,24). The average molecular weight is 333 g/mol. The number of hydrogen-bond acceptors (Lipinski definition) is 3. The van der Waals surface area contributed by atoms with Crippen molar-refractivity contribution in [3.05, 3.63) is 23.5 Å². The average Bonchev–Trinajstić information content (AvgIpc) is 2.94. The molecule has 1 aromatic heterocycles. The van der Waals surface area contributed by atoms with Crippen molar-refractivity contribution in [2.45, 2.75) is 38.6 Å². The van der Waals surface area contributed by atoms with Gasteiger partial charge in [-0.2, -0.15) is 0 Å². The smallest absolute Gasteiger partial charge is 0.307 e. The van der Waals surface area contributed by atoms with Crippen LogP contribution in [0.15, 0.2) is 12.3 Å². The molecule has 0 aromatic carbocycles. The lowest BCUT2D eigenvalue weighted by atomic mass is 9.94. The summed E-state index contributed by atoms with van der Waals surface area (Å²) >= 11 is 0. The van der Waals surface area contributed by atoms with E-state index in [1.165, 1.54) is 0 Å². The maximum absolute atomic E-state index is 12.7. The highest BCUT2D eigenvalue weighted by molar-refractivity contribution is 5.95. The lowest BCUT2D eigenvalue weighted by Crippen LogP contribution is -2.50. The predicted molar refractivity (Wildman–Crippen MR) is 91.0 cm³/mol. The highest BCUT2D eigenvalue weighted by Gasteiger charge is 2.32. The summed E-state index contributed by atoms with van der Waals surface area (Å²) < 4.78 is 1.97. The summed E-state index contributed by atoms with van der Waals surface area (Å²) in [6.45, 7) is 5.13. The third-order valence-electron chi connectivity index (χ3n) is 5.68. The minimum Gasteiger partial charge on any atom is -0.481 e. The van der Waals surface area contributed by atoms with Crippen LogP contribution >= 0.6 is 0 Å². The maximum Gasteiger partial charge on any atom is 0.307 e. The number of carbonyl (C=O) groups is 2. The van der Waals surface area contributed by atoms with Gasteiger partial charge in [-0.3, -0.25) is 14.5 Å². The fourth-order valence-electron chi connectivity index (χ4n) is 3.98. The Bertz CT molecular complexity index is 617. The SMILES string of the molecule is Cc1c(C(=O)N2CCC(N3CCCC(C(=O)O)C3)CC2)ccn1C. The molecule has 0 radical (unpaired) electrons. The molecule has 6 nitrogen and oxygen atoms in total. The Morgan fingerprint density at radius 2 is 1.88 bits per heavy atom. The fourth-order valence-corrected chi connectivity index (χ4v) is 3.98. The molecule has 1 amide bonds. The Labute approximate surface area is 143 Å². The van der Waals surface area contributed by atoms with Crippen LogP contribution in [-0.4, -0.2) is 63.6 Å². The minimum atomic E-state index is -0.674. The van der Waals surface area contributed by atoms with Crippen LogP contribution in [0.4, 0.5) is 0 Å². The Hall–Kier alpha value is -1.82. The van der Waals surface area contributed by atoms with Gasteiger partial charge in [-0.15, -0.1) is 0 Å². The van der Waals surface area contributed by atoms with E-state index in [0.29, 0.717) is 12.6 Å². The van der Waals surface area contributed by atoms with Crippen molar-refractivity contribution < 1.29 is 14.7 Å². The fraction of sp³-hybridized carbons (Fsp3) is 0.667. The summed E-state index contributed by atoms with van der Waals surface area (Å²) in [6.07, 6.45) is 5.54. The van der Waals surface area contributed by atoms with Gasteiger partial charge in [0, 0.05) is 44.6 Å². The van der Waals surface area contributed by atoms with Crippen LogP contribution in [0.1, 0.15) is 41.7 Å². The number of rotatable bonds is 3. The van der Waals surface area contributed by atoms with Crippen LogP contribution in [0.3, 0.4) is 0 Å². The zero-order valence-electron chi connectivity index (χ0n) is 14.6. The Kier molecular flexibility index (Phi) is 4.94. The van der Waals surface area contributed by atoms with Crippen molar-refractivity contribution >= 4 is 11.9 Å². The molecule has 2 aliphatic heterocycles. The molecular formula is C18H27N3O3. The summed E-state index contributed by atoms with van der Waals surface area (Å²) in [6, 6.07) is 2.30. The van der Waals surface area contributed by atoms with E-state index in [4.69, 9.17) is 0 Å². The zero-order chi connectivity index (χ0) is 17.3. The van der Waals surface area contributed by atoms with E-state index in [-0.39, 0.29) is 11.8 Å². The largest absolute Gasteiger partial charge is 0.481 e. The molecule has 1 aromatic rings. The van der Waals surface area contributed by atoms with Crippen LogP contribution in [0.25, 0.3) is 0 Å². The van der Waals surface area contributed by atoms with E-state index in [1.807, 2.05) is 35.7 Å². The molecule has 0 bridgehead atoms. The molecule has 2 aliphatic rings. The molecular weight excluding hydrogens is 306 g/mol. The highest BCUT2D eigenvalue weighted by atomic mass is 16.4. The summed E-state index contributed by atoms with van der Waals surface area (Å²) in [5.41, 5.74) is 1.79. The molecule has 1 N–H and O–H groups in total. The van der Waals surface area contributed by atoms with Crippen LogP contribution < -0.4 is 0 Å². The number of nitrogens with zero attached hydrogens (tertiary/aromatic N) is 3. The number of hydrogen-bond donors (Lipinski definition) is 1. The minimum absolute atomic E-state index is 0.119. The van der Waals surface area contributed by atoms with Gasteiger partial charge in [-0.1, -0.05) is 0 Å². The van der Waals surface area contributed by atoms with Crippen LogP contribution in [0.2, 0.25) is 0 Å². The van der Waals surface area contributed by atoms with Gasteiger partial charge in [0.1, 0.15) is 0 Å². The van der Waals surface area contributed by atoms with Gasteiger partial charge >= 0.3 is 5.97 Å². The van der Waals surface area contributed by atoms with Gasteiger partial charge in [0.2, 0.25) is 0 Å². The monoisotopic (exact) mass is 333 g/mol. The van der Waals surface area contributed by atoms with E-state index in [0.717, 1.165) is 56.6 Å². The molecule has 0 saturated carbocycles. The third kappa shape index (κ3) is 3.34. The van der Waals surface area contributed by atoms with E-state index in [2.05, 4.69) is 4.90 Å². The van der Waals surface area contributed by atoms with Crippen molar-refractivity contribution in [2.75, 3.05) is 26.2 Å². The Morgan fingerprint density at radius 3 is 2.46 bits per heavy atom. The molecule has 0 aliphatic carbocycles. The molecule has 0 spiro atoms. The molecule has 132 valence electrons. The predicted octanol–water partition coefficient (Wildman–Crippen LogP) is 1.73. The van der Waals surface area contributed by atoms with Gasteiger partial charge in [0.25, 0.3) is 5.91 Å². The van der Waals surface area contributed by atoms with Crippen molar-refractivity contribution in [3.8, 4) is 0 Å². The van der Waals surface area contributed by atoms with Gasteiger partial charge in [0.15, 0.2) is 0 Å². The molecule has 1 unspecified atom stereocenters. The van der Waals surface area contributed by atoms with Crippen molar-refractivity contribution in [2.24, 2.45) is 13.0 Å². The first-order valence-electron chi connectivity index (χ1n) is 8.85. The number of carboxylic acids is 1. The molecule has 24 heavy (non-hydrogen) atoms. The highest BCUT2D eigenvalue weighted by Crippen LogP contribution is 2.25. The summed E-state index contributed by atoms with van der Waals surface area (Å²) in [7, 11) is 1.95. The zero-order valence-corrected chi connectivity index (χ0v) is 14.6. The molecule has 2 fully saturated rings. The number of aliphatic carboxylic acids is 1. The number of aryl methyl sites for hydroxylation is 1. The second kappa shape index (κ2) is 6.97. The van der Waals surface area contributed by atoms with Gasteiger partial charge in [-0.25, -0.2) is 0 Å². The molecule has 6 heteroatoms. The van der Waals surface area contributed by atoms with Gasteiger partial charge < -0.3 is 14.6 Å². The molecule has 2 saturated heterocycles. The number of piperidine rings is 2. The normalized spacial score (nSPS) is 23.4. The summed E-state index contributed by atoms with van der Waals surface area (Å²) in [5, 5.41) is 9.24. The number of carbonyl (C=O) groups excluding carboxylic acids is 1. The number of aromatic nitrogens is 1. The van der Waals surface area contributed by atoms with E-state index >= 15 is 0 Å². The lowest BCUT2D eigenvalue weighted by molar-refractivity contribution is -0.144. The first-order chi connectivity index (χ1) is 11.5. The molecule has 3 heterocycles. The van der Waals surface area contributed by atoms with E-state index in [1.54, 1.807) is 0 Å². The van der Waals surface area contributed by atoms with Crippen LogP contribution in [0.5, 0.6) is 0 Å². The third-order valence-corrected chi connectivity index (χ3v) is 5.68. The van der Waals surface area contributed by atoms with E-state index in [9.17, 15) is 14.7 Å². The van der Waals surface area contributed by atoms with Crippen molar-refractivity contribution in [3.63, 3.8) is 0 Å². The first-order valence-corrected chi connectivity index (χ1v) is 8.85. The van der Waals surface area contributed by atoms with Gasteiger partial charge in [-0.05, 0) is 45.2 Å². The lowest BCUT2D eigenvalue weighted by Gasteiger charge is -2.41. The van der Waals surface area contributed by atoms with Crippen LogP contribution in [-0.2, 0) is 11.8 Å². The Balaban J connectivity index is 1.57. The van der Waals surface area contributed by atoms with Crippen molar-refractivity contribution in [1.29, 1.82) is 0 Å². The second-order valence-corrected chi connectivity index (χ2v) is 7.12. The van der Waals surface area contributed by atoms with Crippen LogP contribution in [0, 0.1) is 12.8 Å². The topological polar surface area (TPSA) is 65.8 Å². The second-order valence-electron chi connectivity index (χ2n) is 7.12. The summed E-state index contributed by atoms with van der Waals surface area (Å²) in [5.74, 6) is -0.786. The Morgan fingerprint density at radius 1 is 1.17 bits per heavy atom. The van der Waals surface area contributed by atoms with Crippen molar-refractivity contribution in [1.82, 2.24) is 14.4 Å². The number of carboxylic acid groups (broad SMARTS) is 1. The number of likely N-dealkylation sites (tertiary alicyclic amines) is 2. The molecule has 1 atom stereocenters. The van der Waals surface area contributed by atoms with Gasteiger partial charge in [0.05, 0.1) is 11.5 Å². The quantitative estimate of drug-likeness (QED) is 0.915. The number of amides is 1. The molecule has 3 rings (SSSR count). The van der Waals surface area contributed by atoms with E-state index < -0.39 is 5.97 Å². The maximum atomic E-state index is 12.7.